The number of hydrogen-bond acceptors (Lipinski definition) is 2. The number of allylic oxidation sites excluding steroid dienone is 2. The number of methoxy groups -OCH3 is 1. The van der Waals surface area contributed by atoms with Crippen molar-refractivity contribution in [2.75, 3.05) is 7.11 Å². The molecular weight excluding hydrogens is 284 g/mol. The van der Waals surface area contributed by atoms with Crippen molar-refractivity contribution in [3.05, 3.63) is 23.8 Å². The Morgan fingerprint density at radius 3 is 2.70 bits per heavy atom. The summed E-state index contributed by atoms with van der Waals surface area (Å²) in [5.74, 6) is 1.14. The van der Waals surface area contributed by atoms with Crippen molar-refractivity contribution in [3.8, 4) is 0 Å². The molecule has 0 heterocycles. The van der Waals surface area contributed by atoms with Gasteiger partial charge in [-0.3, -0.25) is 0 Å². The summed E-state index contributed by atoms with van der Waals surface area (Å²) in [6, 6.07) is 0. The Morgan fingerprint density at radius 1 is 1.35 bits per heavy atom. The standard InChI is InChI=1S/C21H34O2/c1-15(14-19(22)23-6)8-10-17-16(2)9-11-18-20(3,4)12-7-13-21(17,18)5/h14,17-18H,2,7-13H2,1,3-6H3/b15-14+/t17-,18-,21+/m0/s1. The maximum Gasteiger partial charge on any atom is 0.330 e. The van der Waals surface area contributed by atoms with Crippen LogP contribution in [0, 0.1) is 22.7 Å². The van der Waals surface area contributed by atoms with Crippen LogP contribution in [-0.2, 0) is 9.53 Å². The predicted molar refractivity (Wildman–Crippen MR) is 96.1 cm³/mol. The van der Waals surface area contributed by atoms with Gasteiger partial charge in [0.25, 0.3) is 0 Å². The summed E-state index contributed by atoms with van der Waals surface area (Å²) < 4.78 is 4.73. The molecule has 23 heavy (non-hydrogen) atoms. The second-order valence-corrected chi connectivity index (χ2v) is 8.70. The zero-order valence-electron chi connectivity index (χ0n) is 15.7. The molecule has 0 aromatic rings. The van der Waals surface area contributed by atoms with Gasteiger partial charge in [0.05, 0.1) is 7.11 Å². The third-order valence-electron chi connectivity index (χ3n) is 6.71. The van der Waals surface area contributed by atoms with Gasteiger partial charge in [0.2, 0.25) is 0 Å². The summed E-state index contributed by atoms with van der Waals surface area (Å²) in [6.07, 6.45) is 10.2. The van der Waals surface area contributed by atoms with Crippen LogP contribution in [0.25, 0.3) is 0 Å². The SMILES string of the molecule is C=C1CC[C@H]2C(C)(C)CCC[C@]2(C)[C@H]1CC/C(C)=C/C(=O)OC. The Morgan fingerprint density at radius 2 is 2.04 bits per heavy atom. The summed E-state index contributed by atoms with van der Waals surface area (Å²) in [7, 11) is 1.44. The van der Waals surface area contributed by atoms with E-state index in [0.29, 0.717) is 16.7 Å². The first-order valence-corrected chi connectivity index (χ1v) is 9.13. The molecule has 2 nitrogen and oxygen atoms in total. The number of rotatable bonds is 4. The molecule has 0 radical (unpaired) electrons. The molecule has 0 unspecified atom stereocenters. The van der Waals surface area contributed by atoms with Gasteiger partial charge in [-0.1, -0.05) is 44.9 Å². The van der Waals surface area contributed by atoms with Crippen LogP contribution >= 0.6 is 0 Å². The van der Waals surface area contributed by atoms with Crippen molar-refractivity contribution >= 4 is 5.97 Å². The van der Waals surface area contributed by atoms with Crippen molar-refractivity contribution in [1.29, 1.82) is 0 Å². The highest BCUT2D eigenvalue weighted by Crippen LogP contribution is 2.61. The summed E-state index contributed by atoms with van der Waals surface area (Å²) in [5, 5.41) is 0. The highest BCUT2D eigenvalue weighted by molar-refractivity contribution is 5.82. The summed E-state index contributed by atoms with van der Waals surface area (Å²) in [5.41, 5.74) is 3.38. The van der Waals surface area contributed by atoms with Crippen LogP contribution in [-0.4, -0.2) is 13.1 Å². The van der Waals surface area contributed by atoms with Gasteiger partial charge < -0.3 is 4.74 Å². The first-order chi connectivity index (χ1) is 10.7. The van der Waals surface area contributed by atoms with Gasteiger partial charge in [0.1, 0.15) is 0 Å². The molecule has 2 rings (SSSR count). The second-order valence-electron chi connectivity index (χ2n) is 8.70. The highest BCUT2D eigenvalue weighted by Gasteiger charge is 2.52. The Hall–Kier alpha value is -1.05. The molecule has 0 bridgehead atoms. The maximum atomic E-state index is 11.4. The number of hydrogen-bond donors (Lipinski definition) is 0. The van der Waals surface area contributed by atoms with Gasteiger partial charge in [-0.05, 0) is 68.1 Å². The smallest absolute Gasteiger partial charge is 0.330 e. The molecule has 130 valence electrons. The van der Waals surface area contributed by atoms with E-state index in [0.717, 1.165) is 24.3 Å². The zero-order valence-corrected chi connectivity index (χ0v) is 15.7. The minimum absolute atomic E-state index is 0.243. The molecular formula is C21H34O2. The fourth-order valence-corrected chi connectivity index (χ4v) is 5.51. The highest BCUT2D eigenvalue weighted by atomic mass is 16.5. The average molecular weight is 319 g/mol. The zero-order chi connectivity index (χ0) is 17.3. The number of ether oxygens (including phenoxy) is 1. The average Bonchev–Trinajstić information content (AvgIpc) is 2.45. The van der Waals surface area contributed by atoms with Crippen LogP contribution in [0.3, 0.4) is 0 Å². The van der Waals surface area contributed by atoms with Crippen LogP contribution in [0.2, 0.25) is 0 Å². The lowest BCUT2D eigenvalue weighted by Crippen LogP contribution is -2.49. The number of carbonyl (C=O) groups excluding carboxylic acids is 1. The second kappa shape index (κ2) is 6.83. The monoisotopic (exact) mass is 318 g/mol. The van der Waals surface area contributed by atoms with Gasteiger partial charge in [0, 0.05) is 6.08 Å². The molecule has 0 amide bonds. The lowest BCUT2D eigenvalue weighted by molar-refractivity contribution is -0.134. The lowest BCUT2D eigenvalue weighted by Gasteiger charge is -2.58. The fraction of sp³-hybridized carbons (Fsp3) is 0.762. The fourth-order valence-electron chi connectivity index (χ4n) is 5.51. The van der Waals surface area contributed by atoms with Crippen LogP contribution in [0.5, 0.6) is 0 Å². The minimum Gasteiger partial charge on any atom is -0.466 e. The van der Waals surface area contributed by atoms with E-state index in [-0.39, 0.29) is 5.97 Å². The normalized spacial score (nSPS) is 34.0. The number of carbonyl (C=O) groups is 1. The first kappa shape index (κ1) is 18.3. The maximum absolute atomic E-state index is 11.4. The van der Waals surface area contributed by atoms with E-state index in [4.69, 9.17) is 4.74 Å². The Balaban J connectivity index is 2.14. The van der Waals surface area contributed by atoms with Gasteiger partial charge >= 0.3 is 5.97 Å². The Kier molecular flexibility index (Phi) is 5.43. The lowest BCUT2D eigenvalue weighted by atomic mass is 9.47. The Bertz CT molecular complexity index is 500. The molecule has 0 spiro atoms. The van der Waals surface area contributed by atoms with Crippen LogP contribution in [0.15, 0.2) is 23.8 Å². The molecule has 2 fully saturated rings. The van der Waals surface area contributed by atoms with Gasteiger partial charge in [0.15, 0.2) is 0 Å². The van der Waals surface area contributed by atoms with Gasteiger partial charge in [-0.2, -0.15) is 0 Å². The molecule has 2 saturated carbocycles. The molecule has 0 N–H and O–H groups in total. The largest absolute Gasteiger partial charge is 0.466 e. The van der Waals surface area contributed by atoms with E-state index < -0.39 is 0 Å². The summed E-state index contributed by atoms with van der Waals surface area (Å²) >= 11 is 0. The predicted octanol–water partition coefficient (Wildman–Crippen LogP) is 5.68. The van der Waals surface area contributed by atoms with E-state index in [1.54, 1.807) is 6.08 Å². The molecule has 0 aliphatic heterocycles. The van der Waals surface area contributed by atoms with Crippen LogP contribution < -0.4 is 0 Å². The minimum atomic E-state index is -0.243. The molecule has 0 saturated heterocycles. The van der Waals surface area contributed by atoms with E-state index >= 15 is 0 Å². The third-order valence-corrected chi connectivity index (χ3v) is 6.71. The van der Waals surface area contributed by atoms with E-state index in [9.17, 15) is 4.79 Å². The van der Waals surface area contributed by atoms with Crippen molar-refractivity contribution in [2.45, 2.75) is 72.6 Å². The molecule has 0 aromatic carbocycles. The third kappa shape index (κ3) is 3.72. The van der Waals surface area contributed by atoms with E-state index in [1.165, 1.54) is 44.8 Å². The molecule has 2 heteroatoms. The van der Waals surface area contributed by atoms with Gasteiger partial charge in [-0.25, -0.2) is 4.79 Å². The summed E-state index contributed by atoms with van der Waals surface area (Å²) in [4.78, 5) is 11.4. The van der Waals surface area contributed by atoms with Crippen molar-refractivity contribution < 1.29 is 9.53 Å². The first-order valence-electron chi connectivity index (χ1n) is 9.13. The molecule has 2 aliphatic rings. The van der Waals surface area contributed by atoms with Gasteiger partial charge in [-0.15, -0.1) is 0 Å². The van der Waals surface area contributed by atoms with Crippen molar-refractivity contribution in [1.82, 2.24) is 0 Å². The quantitative estimate of drug-likeness (QED) is 0.378. The van der Waals surface area contributed by atoms with Crippen LogP contribution in [0.1, 0.15) is 72.6 Å². The topological polar surface area (TPSA) is 26.3 Å². The number of esters is 1. The van der Waals surface area contributed by atoms with E-state index in [2.05, 4.69) is 27.4 Å². The molecule has 2 aliphatic carbocycles. The van der Waals surface area contributed by atoms with Crippen molar-refractivity contribution in [3.63, 3.8) is 0 Å². The molecule has 3 atom stereocenters. The van der Waals surface area contributed by atoms with E-state index in [1.807, 2.05) is 6.92 Å². The Labute approximate surface area is 142 Å². The molecule has 0 aromatic heterocycles. The summed E-state index contributed by atoms with van der Waals surface area (Å²) in [6.45, 7) is 13.9. The van der Waals surface area contributed by atoms with Crippen LogP contribution in [0.4, 0.5) is 0 Å². The van der Waals surface area contributed by atoms with Crippen molar-refractivity contribution in [2.24, 2.45) is 22.7 Å². The number of fused-ring (bicyclic) bond motifs is 1.